The summed E-state index contributed by atoms with van der Waals surface area (Å²) in [6.45, 7) is 10.2. The first-order chi connectivity index (χ1) is 14.0. The van der Waals surface area contributed by atoms with Gasteiger partial charge in [0.15, 0.2) is 0 Å². The molecular formula is C22H33N5O2. The molecule has 29 heavy (non-hydrogen) atoms. The molecule has 3 aliphatic heterocycles. The Morgan fingerprint density at radius 2 is 1.90 bits per heavy atom. The summed E-state index contributed by atoms with van der Waals surface area (Å²) in [4.78, 5) is 31.7. The van der Waals surface area contributed by atoms with Crippen LogP contribution in [0.1, 0.15) is 30.4 Å². The molecule has 3 aliphatic rings. The van der Waals surface area contributed by atoms with E-state index in [1.165, 1.54) is 16.8 Å². The number of carbonyl (C=O) groups excluding carboxylic acids is 2. The van der Waals surface area contributed by atoms with Crippen molar-refractivity contribution in [1.29, 1.82) is 0 Å². The van der Waals surface area contributed by atoms with E-state index in [0.717, 1.165) is 58.7 Å². The predicted molar refractivity (Wildman–Crippen MR) is 114 cm³/mol. The van der Waals surface area contributed by atoms with E-state index in [9.17, 15) is 9.59 Å². The van der Waals surface area contributed by atoms with E-state index in [2.05, 4.69) is 57.6 Å². The van der Waals surface area contributed by atoms with Crippen molar-refractivity contribution in [2.24, 2.45) is 5.92 Å². The van der Waals surface area contributed by atoms with Crippen molar-refractivity contribution in [3.63, 3.8) is 0 Å². The molecule has 7 heteroatoms. The molecule has 3 saturated heterocycles. The van der Waals surface area contributed by atoms with Gasteiger partial charge in [-0.1, -0.05) is 12.1 Å². The molecule has 0 spiro atoms. The maximum absolute atomic E-state index is 13.2. The smallest absolute Gasteiger partial charge is 0.235 e. The number of aryl methyl sites for hydroxylation is 1. The maximum atomic E-state index is 13.2. The van der Waals surface area contributed by atoms with Gasteiger partial charge in [-0.25, -0.2) is 5.43 Å². The molecular weight excluding hydrogens is 366 g/mol. The van der Waals surface area contributed by atoms with Gasteiger partial charge in [-0.05, 0) is 50.4 Å². The Bertz CT molecular complexity index is 760. The van der Waals surface area contributed by atoms with E-state index < -0.39 is 0 Å². The van der Waals surface area contributed by atoms with Crippen LogP contribution in [0.4, 0.5) is 5.69 Å². The first kappa shape index (κ1) is 20.2. The number of nitrogens with one attached hydrogen (secondary N) is 2. The van der Waals surface area contributed by atoms with Crippen LogP contribution < -0.4 is 15.8 Å². The lowest BCUT2D eigenvalue weighted by Gasteiger charge is -2.42. The molecule has 3 fully saturated rings. The van der Waals surface area contributed by atoms with Crippen LogP contribution in [0.3, 0.4) is 0 Å². The minimum Gasteiger partial charge on any atom is -0.368 e. The van der Waals surface area contributed by atoms with Crippen LogP contribution in [0.15, 0.2) is 18.2 Å². The number of likely N-dealkylation sites (tertiary alicyclic amines) is 1. The zero-order valence-electron chi connectivity index (χ0n) is 17.6. The van der Waals surface area contributed by atoms with Crippen molar-refractivity contribution < 1.29 is 9.59 Å². The van der Waals surface area contributed by atoms with Crippen molar-refractivity contribution in [2.45, 2.75) is 39.2 Å². The summed E-state index contributed by atoms with van der Waals surface area (Å²) < 4.78 is 0. The second-order valence-electron chi connectivity index (χ2n) is 8.65. The second-order valence-corrected chi connectivity index (χ2v) is 8.65. The number of anilines is 1. The molecule has 0 radical (unpaired) electrons. The van der Waals surface area contributed by atoms with Crippen molar-refractivity contribution >= 4 is 17.5 Å². The Labute approximate surface area is 173 Å². The molecule has 0 aromatic heterocycles. The quantitative estimate of drug-likeness (QED) is 0.796. The number of benzene rings is 1. The van der Waals surface area contributed by atoms with Gasteiger partial charge < -0.3 is 9.80 Å². The third-order valence-corrected chi connectivity index (χ3v) is 6.81. The highest BCUT2D eigenvalue weighted by Crippen LogP contribution is 2.26. The van der Waals surface area contributed by atoms with E-state index in [-0.39, 0.29) is 17.9 Å². The Morgan fingerprint density at radius 1 is 1.10 bits per heavy atom. The number of hydrogen-bond acceptors (Lipinski definition) is 5. The van der Waals surface area contributed by atoms with Crippen LogP contribution in [0, 0.1) is 19.8 Å². The summed E-state index contributed by atoms with van der Waals surface area (Å²) in [5, 5.41) is 0. The number of amides is 2. The Balaban J connectivity index is 1.33. The highest BCUT2D eigenvalue weighted by molar-refractivity contribution is 5.80. The van der Waals surface area contributed by atoms with E-state index >= 15 is 0 Å². The van der Waals surface area contributed by atoms with E-state index in [1.807, 2.05) is 0 Å². The standard InChI is InChI=1S/C22H33N5O2/c1-16-5-3-7-20(17(16)2)25-9-11-26(12-10-25)22(29)18-6-4-8-27(15-18)19-13-21(28)24-23-14-19/h3,5,7,18-19,23H,4,6,8-15H2,1-2H3,(H,24,28). The van der Waals surface area contributed by atoms with Crippen LogP contribution in [0.25, 0.3) is 0 Å². The largest absolute Gasteiger partial charge is 0.368 e. The average molecular weight is 400 g/mol. The topological polar surface area (TPSA) is 67.9 Å². The fourth-order valence-corrected chi connectivity index (χ4v) is 4.91. The number of piperazine rings is 1. The summed E-state index contributed by atoms with van der Waals surface area (Å²) in [6.07, 6.45) is 2.50. The predicted octanol–water partition coefficient (Wildman–Crippen LogP) is 1.06. The van der Waals surface area contributed by atoms with Crippen LogP contribution in [-0.4, -0.2) is 73.5 Å². The molecule has 0 aliphatic carbocycles. The van der Waals surface area contributed by atoms with Crippen molar-refractivity contribution in [3.8, 4) is 0 Å². The lowest BCUT2D eigenvalue weighted by molar-refractivity contribution is -0.138. The Morgan fingerprint density at radius 3 is 2.66 bits per heavy atom. The van der Waals surface area contributed by atoms with E-state index in [4.69, 9.17) is 0 Å². The highest BCUT2D eigenvalue weighted by Gasteiger charge is 2.34. The third-order valence-electron chi connectivity index (χ3n) is 6.81. The monoisotopic (exact) mass is 399 g/mol. The third kappa shape index (κ3) is 4.41. The fraction of sp³-hybridized carbons (Fsp3) is 0.636. The number of rotatable bonds is 3. The molecule has 2 unspecified atom stereocenters. The van der Waals surface area contributed by atoms with E-state index in [0.29, 0.717) is 12.3 Å². The van der Waals surface area contributed by atoms with Crippen LogP contribution in [0.2, 0.25) is 0 Å². The molecule has 2 amide bonds. The van der Waals surface area contributed by atoms with Gasteiger partial charge in [0.2, 0.25) is 11.8 Å². The van der Waals surface area contributed by atoms with Gasteiger partial charge in [-0.15, -0.1) is 0 Å². The first-order valence-corrected chi connectivity index (χ1v) is 10.9. The minimum absolute atomic E-state index is 0.0391. The second kappa shape index (κ2) is 8.71. The maximum Gasteiger partial charge on any atom is 0.235 e. The van der Waals surface area contributed by atoms with Gasteiger partial charge in [0, 0.05) is 57.4 Å². The van der Waals surface area contributed by atoms with Gasteiger partial charge in [0.1, 0.15) is 0 Å². The summed E-state index contributed by atoms with van der Waals surface area (Å²) in [7, 11) is 0. The fourth-order valence-electron chi connectivity index (χ4n) is 4.91. The number of nitrogens with zero attached hydrogens (tertiary/aromatic N) is 3. The molecule has 1 aromatic rings. The van der Waals surface area contributed by atoms with Crippen molar-refractivity contribution in [2.75, 3.05) is 50.7 Å². The summed E-state index contributed by atoms with van der Waals surface area (Å²) in [5.74, 6) is 0.391. The molecule has 2 N–H and O–H groups in total. The number of piperidine rings is 1. The molecule has 2 atom stereocenters. The average Bonchev–Trinajstić information content (AvgIpc) is 2.75. The van der Waals surface area contributed by atoms with Crippen LogP contribution >= 0.6 is 0 Å². The van der Waals surface area contributed by atoms with Crippen LogP contribution in [0.5, 0.6) is 0 Å². The zero-order valence-corrected chi connectivity index (χ0v) is 17.6. The molecule has 4 rings (SSSR count). The molecule has 158 valence electrons. The van der Waals surface area contributed by atoms with Crippen molar-refractivity contribution in [3.05, 3.63) is 29.3 Å². The zero-order chi connectivity index (χ0) is 20.4. The summed E-state index contributed by atoms with van der Waals surface area (Å²) in [5.41, 5.74) is 9.59. The number of hydrazine groups is 1. The Kier molecular flexibility index (Phi) is 6.06. The van der Waals surface area contributed by atoms with Gasteiger partial charge in [-0.2, -0.15) is 0 Å². The summed E-state index contributed by atoms with van der Waals surface area (Å²) in [6, 6.07) is 6.65. The lowest BCUT2D eigenvalue weighted by atomic mass is 9.94. The molecule has 7 nitrogen and oxygen atoms in total. The summed E-state index contributed by atoms with van der Waals surface area (Å²) >= 11 is 0. The van der Waals surface area contributed by atoms with Gasteiger partial charge >= 0.3 is 0 Å². The van der Waals surface area contributed by atoms with Gasteiger partial charge in [-0.3, -0.25) is 19.9 Å². The number of carbonyl (C=O) groups is 2. The first-order valence-electron chi connectivity index (χ1n) is 10.9. The molecule has 1 aromatic carbocycles. The van der Waals surface area contributed by atoms with Gasteiger partial charge in [0.25, 0.3) is 0 Å². The Hall–Kier alpha value is -2.12. The van der Waals surface area contributed by atoms with Crippen molar-refractivity contribution in [1.82, 2.24) is 20.7 Å². The molecule has 0 saturated carbocycles. The molecule has 3 heterocycles. The highest BCUT2D eigenvalue weighted by atomic mass is 16.2. The van der Waals surface area contributed by atoms with Gasteiger partial charge in [0.05, 0.1) is 5.92 Å². The minimum atomic E-state index is 0.0391. The molecule has 0 bridgehead atoms. The van der Waals surface area contributed by atoms with Crippen LogP contribution in [-0.2, 0) is 9.59 Å². The normalized spacial score (nSPS) is 26.3. The number of hydrogen-bond donors (Lipinski definition) is 2. The SMILES string of the molecule is Cc1cccc(N2CCN(C(=O)C3CCCN(C4CNNC(=O)C4)C3)CC2)c1C. The lowest BCUT2D eigenvalue weighted by Crippen LogP contribution is -2.58. The van der Waals surface area contributed by atoms with E-state index in [1.54, 1.807) is 0 Å².